The molecule has 2 aromatic carbocycles. The highest BCUT2D eigenvalue weighted by Crippen LogP contribution is 2.22. The molecule has 2 rings (SSSR count). The van der Waals surface area contributed by atoms with Crippen molar-refractivity contribution in [2.75, 3.05) is 33.4 Å². The van der Waals surface area contributed by atoms with Crippen molar-refractivity contribution in [3.63, 3.8) is 0 Å². The van der Waals surface area contributed by atoms with E-state index in [-0.39, 0.29) is 24.2 Å². The second kappa shape index (κ2) is 10.4. The van der Waals surface area contributed by atoms with Crippen LogP contribution in [0.1, 0.15) is 25.5 Å². The number of phenols is 1. The number of nitrogens with zero attached hydrogens (tertiary/aromatic N) is 1. The molecule has 6 nitrogen and oxygen atoms in total. The minimum Gasteiger partial charge on any atom is -0.508 e. The molecule has 0 saturated carbocycles. The molecule has 0 spiro atoms. The lowest BCUT2D eigenvalue weighted by atomic mass is 10.1. The zero-order valence-corrected chi connectivity index (χ0v) is 16.1. The molecule has 0 aromatic heterocycles. The van der Waals surface area contributed by atoms with Gasteiger partial charge in [0.05, 0.1) is 19.7 Å². The van der Waals surface area contributed by atoms with Gasteiger partial charge in [-0.25, -0.2) is 0 Å². The van der Waals surface area contributed by atoms with Crippen molar-refractivity contribution >= 4 is 5.91 Å². The number of nitrogens with one attached hydrogen (secondary N) is 1. The van der Waals surface area contributed by atoms with Gasteiger partial charge in [0, 0.05) is 6.04 Å². The molecule has 1 amide bonds. The summed E-state index contributed by atoms with van der Waals surface area (Å²) in [6.45, 7) is 5.66. The van der Waals surface area contributed by atoms with Crippen molar-refractivity contribution in [2.24, 2.45) is 0 Å². The average molecular weight is 372 g/mol. The first kappa shape index (κ1) is 20.6. The predicted molar refractivity (Wildman–Crippen MR) is 105 cm³/mol. The van der Waals surface area contributed by atoms with Crippen molar-refractivity contribution in [3.05, 3.63) is 54.1 Å². The number of hydrogen-bond acceptors (Lipinski definition) is 5. The molecule has 0 saturated heterocycles. The summed E-state index contributed by atoms with van der Waals surface area (Å²) in [5.41, 5.74) is 0.962. The average Bonchev–Trinajstić information content (AvgIpc) is 2.66. The lowest BCUT2D eigenvalue weighted by Gasteiger charge is -2.24. The lowest BCUT2D eigenvalue weighted by Crippen LogP contribution is -2.38. The van der Waals surface area contributed by atoms with Gasteiger partial charge in [0.25, 0.3) is 0 Å². The van der Waals surface area contributed by atoms with E-state index in [1.807, 2.05) is 56.1 Å². The highest BCUT2D eigenvalue weighted by molar-refractivity contribution is 5.78. The molecule has 0 fully saturated rings. The van der Waals surface area contributed by atoms with Gasteiger partial charge in [0.15, 0.2) is 0 Å². The van der Waals surface area contributed by atoms with E-state index in [1.54, 1.807) is 18.2 Å². The number of rotatable bonds is 10. The van der Waals surface area contributed by atoms with Crippen LogP contribution in [0.5, 0.6) is 17.2 Å². The van der Waals surface area contributed by atoms with Crippen molar-refractivity contribution in [1.29, 1.82) is 0 Å². The Morgan fingerprint density at radius 2 is 1.81 bits per heavy atom. The third-order valence-electron chi connectivity index (χ3n) is 4.23. The number of carbonyl (C=O) groups is 1. The molecule has 1 atom stereocenters. The summed E-state index contributed by atoms with van der Waals surface area (Å²) >= 11 is 0. The molecule has 0 radical (unpaired) electrons. The summed E-state index contributed by atoms with van der Waals surface area (Å²) in [6.07, 6.45) is 0. The van der Waals surface area contributed by atoms with E-state index < -0.39 is 0 Å². The SMILES string of the molecule is CCOc1ccc(OCCNC(=O)CN(C)C(C)c2cccc(O)c2)cc1. The molecule has 146 valence electrons. The fourth-order valence-corrected chi connectivity index (χ4v) is 2.62. The number of aromatic hydroxyl groups is 1. The summed E-state index contributed by atoms with van der Waals surface area (Å²) in [4.78, 5) is 14.0. The second-order valence-corrected chi connectivity index (χ2v) is 6.29. The lowest BCUT2D eigenvalue weighted by molar-refractivity contribution is -0.122. The zero-order valence-electron chi connectivity index (χ0n) is 16.1. The Morgan fingerprint density at radius 3 is 2.44 bits per heavy atom. The van der Waals surface area contributed by atoms with Gasteiger partial charge in [-0.15, -0.1) is 0 Å². The molecule has 1 unspecified atom stereocenters. The molecule has 6 heteroatoms. The van der Waals surface area contributed by atoms with E-state index in [2.05, 4.69) is 5.32 Å². The molecule has 2 aromatic rings. The van der Waals surface area contributed by atoms with Crippen LogP contribution in [-0.4, -0.2) is 49.3 Å². The van der Waals surface area contributed by atoms with Crippen LogP contribution >= 0.6 is 0 Å². The first-order valence-corrected chi connectivity index (χ1v) is 9.11. The topological polar surface area (TPSA) is 71.0 Å². The monoisotopic (exact) mass is 372 g/mol. The third-order valence-corrected chi connectivity index (χ3v) is 4.23. The molecule has 2 N–H and O–H groups in total. The van der Waals surface area contributed by atoms with Gasteiger partial charge in [-0.2, -0.15) is 0 Å². The van der Waals surface area contributed by atoms with Crippen LogP contribution in [0.25, 0.3) is 0 Å². The molecule has 27 heavy (non-hydrogen) atoms. The van der Waals surface area contributed by atoms with Gasteiger partial charge in [0.1, 0.15) is 23.9 Å². The Balaban J connectivity index is 1.69. The van der Waals surface area contributed by atoms with Crippen molar-refractivity contribution < 1.29 is 19.4 Å². The number of likely N-dealkylation sites (N-methyl/N-ethyl adjacent to an activating group) is 1. The fourth-order valence-electron chi connectivity index (χ4n) is 2.62. The summed E-state index contributed by atoms with van der Waals surface area (Å²) in [5, 5.41) is 12.4. The van der Waals surface area contributed by atoms with Crippen molar-refractivity contribution in [3.8, 4) is 17.2 Å². The highest BCUT2D eigenvalue weighted by Gasteiger charge is 2.15. The van der Waals surface area contributed by atoms with Gasteiger partial charge in [-0.1, -0.05) is 12.1 Å². The summed E-state index contributed by atoms with van der Waals surface area (Å²) in [7, 11) is 1.88. The van der Waals surface area contributed by atoms with Crippen LogP contribution in [0, 0.1) is 0 Å². The number of benzene rings is 2. The number of ether oxygens (including phenoxy) is 2. The Bertz CT molecular complexity index is 718. The molecule has 0 bridgehead atoms. The maximum absolute atomic E-state index is 12.1. The maximum atomic E-state index is 12.1. The van der Waals surface area contributed by atoms with E-state index in [0.717, 1.165) is 17.1 Å². The molecule has 0 heterocycles. The van der Waals surface area contributed by atoms with Gasteiger partial charge in [0.2, 0.25) is 5.91 Å². The van der Waals surface area contributed by atoms with E-state index in [0.29, 0.717) is 19.8 Å². The maximum Gasteiger partial charge on any atom is 0.234 e. The largest absolute Gasteiger partial charge is 0.508 e. The van der Waals surface area contributed by atoms with Gasteiger partial charge < -0.3 is 19.9 Å². The van der Waals surface area contributed by atoms with E-state index in [9.17, 15) is 9.90 Å². The highest BCUT2D eigenvalue weighted by atomic mass is 16.5. The smallest absolute Gasteiger partial charge is 0.234 e. The van der Waals surface area contributed by atoms with Crippen molar-refractivity contribution in [1.82, 2.24) is 10.2 Å². The van der Waals surface area contributed by atoms with Crippen LogP contribution in [-0.2, 0) is 4.79 Å². The summed E-state index contributed by atoms with van der Waals surface area (Å²) in [6, 6.07) is 14.5. The number of amides is 1. The Hall–Kier alpha value is -2.73. The minimum atomic E-state index is -0.0696. The van der Waals surface area contributed by atoms with Crippen molar-refractivity contribution in [2.45, 2.75) is 19.9 Å². The molecular weight excluding hydrogens is 344 g/mol. The first-order chi connectivity index (χ1) is 13.0. The summed E-state index contributed by atoms with van der Waals surface area (Å²) in [5.74, 6) is 1.70. The zero-order chi connectivity index (χ0) is 19.6. The van der Waals surface area contributed by atoms with E-state index in [1.165, 1.54) is 0 Å². The normalized spacial score (nSPS) is 11.9. The van der Waals surface area contributed by atoms with Gasteiger partial charge >= 0.3 is 0 Å². The Morgan fingerprint density at radius 1 is 1.15 bits per heavy atom. The molecule has 0 aliphatic heterocycles. The van der Waals surface area contributed by atoms with Crippen LogP contribution in [0.2, 0.25) is 0 Å². The van der Waals surface area contributed by atoms with Crippen LogP contribution in [0.15, 0.2) is 48.5 Å². The third kappa shape index (κ3) is 6.83. The first-order valence-electron chi connectivity index (χ1n) is 9.11. The van der Waals surface area contributed by atoms with E-state index in [4.69, 9.17) is 9.47 Å². The number of carbonyl (C=O) groups excluding carboxylic acids is 1. The minimum absolute atomic E-state index is 0.0166. The van der Waals surface area contributed by atoms with Gasteiger partial charge in [-0.05, 0) is 62.9 Å². The summed E-state index contributed by atoms with van der Waals surface area (Å²) < 4.78 is 11.0. The van der Waals surface area contributed by atoms with E-state index >= 15 is 0 Å². The Kier molecular flexibility index (Phi) is 7.95. The number of hydrogen-bond donors (Lipinski definition) is 2. The predicted octanol–water partition coefficient (Wildman–Crippen LogP) is 2.98. The number of phenolic OH excluding ortho intramolecular Hbond substituents is 1. The molecule has 0 aliphatic rings. The van der Waals surface area contributed by atoms with Crippen LogP contribution < -0.4 is 14.8 Å². The fraction of sp³-hybridized carbons (Fsp3) is 0.381. The van der Waals surface area contributed by atoms with Crippen LogP contribution in [0.3, 0.4) is 0 Å². The standard InChI is InChI=1S/C21H28N2O4/c1-4-26-19-8-10-20(11-9-19)27-13-12-22-21(25)15-23(3)16(2)17-6-5-7-18(24)14-17/h5-11,14,16,24H,4,12-13,15H2,1-3H3,(H,22,25). The molecule has 0 aliphatic carbocycles. The molecular formula is C21H28N2O4. The quantitative estimate of drug-likeness (QED) is 0.628. The Labute approximate surface area is 160 Å². The van der Waals surface area contributed by atoms with Crippen LogP contribution in [0.4, 0.5) is 0 Å². The second-order valence-electron chi connectivity index (χ2n) is 6.29. The van der Waals surface area contributed by atoms with Gasteiger partial charge in [-0.3, -0.25) is 9.69 Å².